The molecule has 0 spiro atoms. The molecule has 1 N–H and O–H groups in total. The van der Waals surface area contributed by atoms with Crippen molar-refractivity contribution in [3.05, 3.63) is 46.4 Å². The van der Waals surface area contributed by atoms with E-state index >= 15 is 0 Å². The SMILES string of the molecule is CCC(Oc1ccc(C)cc1)C(=O)NCc1cncs1. The van der Waals surface area contributed by atoms with Gasteiger partial charge in [0.15, 0.2) is 6.10 Å². The molecule has 1 aromatic heterocycles. The van der Waals surface area contributed by atoms with Gasteiger partial charge in [-0.25, -0.2) is 0 Å². The van der Waals surface area contributed by atoms with Crippen LogP contribution < -0.4 is 10.1 Å². The fourth-order valence-electron chi connectivity index (χ4n) is 1.72. The third kappa shape index (κ3) is 4.06. The number of aromatic nitrogens is 1. The van der Waals surface area contributed by atoms with Gasteiger partial charge in [-0.3, -0.25) is 9.78 Å². The van der Waals surface area contributed by atoms with Crippen LogP contribution in [0.1, 0.15) is 23.8 Å². The Morgan fingerprint density at radius 1 is 1.40 bits per heavy atom. The summed E-state index contributed by atoms with van der Waals surface area (Å²) in [5, 5.41) is 2.87. The number of rotatable bonds is 6. The van der Waals surface area contributed by atoms with Crippen LogP contribution in [0.4, 0.5) is 0 Å². The van der Waals surface area contributed by atoms with E-state index < -0.39 is 6.10 Å². The van der Waals surface area contributed by atoms with Crippen molar-refractivity contribution >= 4 is 17.2 Å². The van der Waals surface area contributed by atoms with Gasteiger partial charge in [0.1, 0.15) is 5.75 Å². The summed E-state index contributed by atoms with van der Waals surface area (Å²) in [5.74, 6) is 0.622. The highest BCUT2D eigenvalue weighted by Gasteiger charge is 2.18. The highest BCUT2D eigenvalue weighted by Crippen LogP contribution is 2.15. The first kappa shape index (κ1) is 14.5. The Labute approximate surface area is 122 Å². The topological polar surface area (TPSA) is 51.2 Å². The molecule has 2 aromatic rings. The fourth-order valence-corrected chi connectivity index (χ4v) is 2.26. The van der Waals surface area contributed by atoms with Gasteiger partial charge in [-0.15, -0.1) is 11.3 Å². The van der Waals surface area contributed by atoms with Gasteiger partial charge in [0.2, 0.25) is 0 Å². The summed E-state index contributed by atoms with van der Waals surface area (Å²) in [4.78, 5) is 17.1. The third-order valence-electron chi connectivity index (χ3n) is 2.88. The van der Waals surface area contributed by atoms with Crippen molar-refractivity contribution in [2.75, 3.05) is 0 Å². The van der Waals surface area contributed by atoms with E-state index in [0.29, 0.717) is 13.0 Å². The van der Waals surface area contributed by atoms with E-state index in [1.807, 2.05) is 38.1 Å². The summed E-state index contributed by atoms with van der Waals surface area (Å²) < 4.78 is 5.73. The highest BCUT2D eigenvalue weighted by molar-refractivity contribution is 7.09. The summed E-state index contributed by atoms with van der Waals surface area (Å²) in [6.07, 6.45) is 1.92. The molecule has 0 radical (unpaired) electrons. The maximum Gasteiger partial charge on any atom is 0.261 e. The van der Waals surface area contributed by atoms with Gasteiger partial charge < -0.3 is 10.1 Å². The lowest BCUT2D eigenvalue weighted by Gasteiger charge is -2.17. The Morgan fingerprint density at radius 2 is 2.15 bits per heavy atom. The van der Waals surface area contributed by atoms with E-state index in [1.165, 1.54) is 16.9 Å². The normalized spacial score (nSPS) is 11.9. The average molecular weight is 290 g/mol. The molecule has 5 heteroatoms. The van der Waals surface area contributed by atoms with Crippen molar-refractivity contribution in [2.45, 2.75) is 32.9 Å². The maximum absolute atomic E-state index is 12.1. The number of ether oxygens (including phenoxy) is 1. The number of hydrogen-bond acceptors (Lipinski definition) is 4. The lowest BCUT2D eigenvalue weighted by atomic mass is 10.2. The molecule has 1 amide bonds. The molecule has 0 saturated heterocycles. The molecule has 0 aliphatic heterocycles. The Kier molecular flexibility index (Phi) is 5.12. The first-order chi connectivity index (χ1) is 9.69. The van der Waals surface area contributed by atoms with E-state index in [9.17, 15) is 4.79 Å². The number of nitrogens with zero attached hydrogens (tertiary/aromatic N) is 1. The van der Waals surface area contributed by atoms with E-state index in [1.54, 1.807) is 11.7 Å². The number of carbonyl (C=O) groups is 1. The Balaban J connectivity index is 1.90. The predicted octanol–water partition coefficient (Wildman–Crippen LogP) is 2.93. The van der Waals surface area contributed by atoms with Crippen LogP contribution >= 0.6 is 11.3 Å². The first-order valence-electron chi connectivity index (χ1n) is 6.57. The summed E-state index contributed by atoms with van der Waals surface area (Å²) >= 11 is 1.52. The van der Waals surface area contributed by atoms with Crippen LogP contribution in [-0.2, 0) is 11.3 Å². The molecule has 1 unspecified atom stereocenters. The summed E-state index contributed by atoms with van der Waals surface area (Å²) in [5.41, 5.74) is 2.92. The molecule has 20 heavy (non-hydrogen) atoms. The summed E-state index contributed by atoms with van der Waals surface area (Å²) in [7, 11) is 0. The van der Waals surface area contributed by atoms with Crippen LogP contribution in [0, 0.1) is 6.92 Å². The smallest absolute Gasteiger partial charge is 0.261 e. The third-order valence-corrected chi connectivity index (χ3v) is 3.66. The standard InChI is InChI=1S/C15H18N2O2S/c1-3-14(19-12-6-4-11(2)5-7-12)15(18)17-9-13-8-16-10-20-13/h4-8,10,14H,3,9H2,1-2H3,(H,17,18). The van der Waals surface area contributed by atoms with Gasteiger partial charge in [-0.05, 0) is 25.5 Å². The Morgan fingerprint density at radius 3 is 2.75 bits per heavy atom. The van der Waals surface area contributed by atoms with Crippen molar-refractivity contribution in [3.8, 4) is 5.75 Å². The summed E-state index contributed by atoms with van der Waals surface area (Å²) in [6.45, 7) is 4.45. The zero-order valence-electron chi connectivity index (χ0n) is 11.6. The second-order valence-electron chi connectivity index (χ2n) is 4.51. The number of carbonyl (C=O) groups excluding carboxylic acids is 1. The number of thiazole rings is 1. The van der Waals surface area contributed by atoms with Gasteiger partial charge in [-0.2, -0.15) is 0 Å². The molecule has 0 aliphatic carbocycles. The molecule has 2 rings (SSSR count). The fraction of sp³-hybridized carbons (Fsp3) is 0.333. The van der Waals surface area contributed by atoms with Crippen LogP contribution in [0.15, 0.2) is 36.0 Å². The molecule has 0 fully saturated rings. The molecule has 1 heterocycles. The van der Waals surface area contributed by atoms with Crippen molar-refractivity contribution in [3.63, 3.8) is 0 Å². The van der Waals surface area contributed by atoms with Crippen molar-refractivity contribution in [1.82, 2.24) is 10.3 Å². The minimum atomic E-state index is -0.467. The molecule has 4 nitrogen and oxygen atoms in total. The van der Waals surface area contributed by atoms with Gasteiger partial charge in [-0.1, -0.05) is 24.6 Å². The van der Waals surface area contributed by atoms with E-state index in [0.717, 1.165) is 10.6 Å². The average Bonchev–Trinajstić information content (AvgIpc) is 2.97. The van der Waals surface area contributed by atoms with E-state index in [2.05, 4.69) is 10.3 Å². The lowest BCUT2D eigenvalue weighted by Crippen LogP contribution is -2.37. The van der Waals surface area contributed by atoms with E-state index in [-0.39, 0.29) is 5.91 Å². The van der Waals surface area contributed by atoms with Gasteiger partial charge in [0.05, 0.1) is 12.1 Å². The van der Waals surface area contributed by atoms with Crippen LogP contribution in [0.5, 0.6) is 5.75 Å². The minimum absolute atomic E-state index is 0.0959. The van der Waals surface area contributed by atoms with Crippen LogP contribution in [0.2, 0.25) is 0 Å². The van der Waals surface area contributed by atoms with E-state index in [4.69, 9.17) is 4.74 Å². The molecule has 0 aliphatic rings. The summed E-state index contributed by atoms with van der Waals surface area (Å²) in [6, 6.07) is 7.71. The largest absolute Gasteiger partial charge is 0.481 e. The molecule has 0 bridgehead atoms. The Hall–Kier alpha value is -1.88. The maximum atomic E-state index is 12.1. The Bertz CT molecular complexity index is 538. The second-order valence-corrected chi connectivity index (χ2v) is 5.48. The van der Waals surface area contributed by atoms with Crippen molar-refractivity contribution < 1.29 is 9.53 Å². The number of nitrogens with one attached hydrogen (secondary N) is 1. The monoisotopic (exact) mass is 290 g/mol. The second kappa shape index (κ2) is 7.05. The molecule has 0 saturated carbocycles. The van der Waals surface area contributed by atoms with Crippen LogP contribution in [0.3, 0.4) is 0 Å². The number of hydrogen-bond donors (Lipinski definition) is 1. The molecular formula is C15H18N2O2S. The van der Waals surface area contributed by atoms with Crippen LogP contribution in [0.25, 0.3) is 0 Å². The number of benzene rings is 1. The minimum Gasteiger partial charge on any atom is -0.481 e. The molecular weight excluding hydrogens is 272 g/mol. The first-order valence-corrected chi connectivity index (χ1v) is 7.45. The number of aryl methyl sites for hydroxylation is 1. The van der Waals surface area contributed by atoms with Gasteiger partial charge in [0, 0.05) is 11.1 Å². The molecule has 1 aromatic carbocycles. The number of amides is 1. The lowest BCUT2D eigenvalue weighted by molar-refractivity contribution is -0.128. The predicted molar refractivity (Wildman–Crippen MR) is 79.8 cm³/mol. The quantitative estimate of drug-likeness (QED) is 0.890. The van der Waals surface area contributed by atoms with Gasteiger partial charge >= 0.3 is 0 Å². The zero-order chi connectivity index (χ0) is 14.4. The van der Waals surface area contributed by atoms with Gasteiger partial charge in [0.25, 0.3) is 5.91 Å². The van der Waals surface area contributed by atoms with Crippen molar-refractivity contribution in [2.24, 2.45) is 0 Å². The molecule has 106 valence electrons. The van der Waals surface area contributed by atoms with Crippen LogP contribution in [-0.4, -0.2) is 17.0 Å². The van der Waals surface area contributed by atoms with Crippen molar-refractivity contribution in [1.29, 1.82) is 0 Å². The zero-order valence-corrected chi connectivity index (χ0v) is 12.4. The highest BCUT2D eigenvalue weighted by atomic mass is 32.1. The molecule has 1 atom stereocenters.